The van der Waals surface area contributed by atoms with Gasteiger partial charge >= 0.3 is 30.8 Å². The van der Waals surface area contributed by atoms with E-state index in [9.17, 15) is 9.59 Å². The normalized spacial score (nSPS) is 10.4. The second kappa shape index (κ2) is 6.48. The number of benzene rings is 1. The molecule has 2 N–H and O–H groups in total. The molecule has 0 aliphatic rings. The van der Waals surface area contributed by atoms with E-state index in [-0.39, 0.29) is 31.7 Å². The molecule has 4 nitrogen and oxygen atoms in total. The molecule has 5 heteroatoms. The van der Waals surface area contributed by atoms with Crippen molar-refractivity contribution in [1.29, 1.82) is 0 Å². The van der Waals surface area contributed by atoms with Gasteiger partial charge in [-0.15, -0.1) is 0 Å². The molecule has 1 aromatic rings. The first-order valence-electron chi connectivity index (χ1n) is 5.03. The summed E-state index contributed by atoms with van der Waals surface area (Å²) in [5, 5.41) is 18.1. The van der Waals surface area contributed by atoms with Gasteiger partial charge in [0.1, 0.15) is 0 Å². The van der Waals surface area contributed by atoms with Gasteiger partial charge in [-0.25, -0.2) is 0 Å². The Bertz CT molecular complexity index is 375. The van der Waals surface area contributed by atoms with Crippen LogP contribution in [0.15, 0.2) is 30.3 Å². The zero-order valence-electron chi connectivity index (χ0n) is 9.01. The molecule has 0 spiro atoms. The third-order valence-corrected chi connectivity index (χ3v) is 2.77. The van der Waals surface area contributed by atoms with Crippen molar-refractivity contribution in [2.24, 2.45) is 5.41 Å². The van der Waals surface area contributed by atoms with Gasteiger partial charge in [0.2, 0.25) is 0 Å². The van der Waals surface area contributed by atoms with Crippen LogP contribution in [0.1, 0.15) is 18.9 Å². The van der Waals surface area contributed by atoms with E-state index in [2.05, 4.69) is 0 Å². The molecule has 0 fully saturated rings. The van der Waals surface area contributed by atoms with Crippen LogP contribution in [-0.4, -0.2) is 41.0 Å². The van der Waals surface area contributed by atoms with Crippen molar-refractivity contribution in [2.45, 2.75) is 19.8 Å². The summed E-state index contributed by atoms with van der Waals surface area (Å²) in [5.41, 5.74) is -1.00. The van der Waals surface area contributed by atoms with Crippen LogP contribution in [0.5, 0.6) is 0 Å². The van der Waals surface area contributed by atoms with E-state index in [1.807, 2.05) is 0 Å². The molecule has 0 unspecified atom stereocenters. The Labute approximate surface area is 112 Å². The van der Waals surface area contributed by atoms with Crippen molar-refractivity contribution in [3.63, 3.8) is 0 Å². The summed E-state index contributed by atoms with van der Waals surface area (Å²) in [6.45, 7) is 1.57. The minimum absolute atomic E-state index is 0. The number of hydrogen-bond acceptors (Lipinski definition) is 2. The first-order chi connectivity index (χ1) is 7.53. The Kier molecular flexibility index (Phi) is 6.01. The van der Waals surface area contributed by atoms with Crippen LogP contribution >= 0.6 is 0 Å². The molecule has 0 saturated carbocycles. The molecule has 0 bridgehead atoms. The molecule has 1 rings (SSSR count). The standard InChI is InChI=1S/C12H14O4.Li.H/c1-2-12(10(13)14,11(15)16)8-9-6-4-3-5-7-9;;/h3-7H,2,8H2,1H3,(H,13,14)(H,15,16);;. The van der Waals surface area contributed by atoms with Crippen molar-refractivity contribution in [3.05, 3.63) is 35.9 Å². The summed E-state index contributed by atoms with van der Waals surface area (Å²) >= 11 is 0. The first kappa shape index (κ1) is 15.8. The zero-order chi connectivity index (χ0) is 12.2. The second-order valence-corrected chi connectivity index (χ2v) is 3.71. The van der Waals surface area contributed by atoms with E-state index < -0.39 is 17.4 Å². The quantitative estimate of drug-likeness (QED) is 0.587. The fourth-order valence-electron chi connectivity index (χ4n) is 1.61. The minimum atomic E-state index is -1.72. The second-order valence-electron chi connectivity index (χ2n) is 3.71. The number of carbonyl (C=O) groups is 2. The van der Waals surface area contributed by atoms with Crippen LogP contribution in [-0.2, 0) is 16.0 Å². The van der Waals surface area contributed by atoms with Crippen molar-refractivity contribution in [2.75, 3.05) is 0 Å². The number of carboxylic acid groups (broad SMARTS) is 2. The molecule has 0 heterocycles. The Morgan fingerprint density at radius 2 is 1.59 bits per heavy atom. The van der Waals surface area contributed by atoms with Gasteiger partial charge in [-0.3, -0.25) is 9.59 Å². The molecule has 0 aliphatic heterocycles. The van der Waals surface area contributed by atoms with Crippen LogP contribution in [0.3, 0.4) is 0 Å². The van der Waals surface area contributed by atoms with Gasteiger partial charge in [0.15, 0.2) is 5.41 Å². The van der Waals surface area contributed by atoms with E-state index in [1.165, 1.54) is 0 Å². The van der Waals surface area contributed by atoms with E-state index >= 15 is 0 Å². The zero-order valence-corrected chi connectivity index (χ0v) is 9.01. The predicted octanol–water partition coefficient (Wildman–Crippen LogP) is 1.15. The SMILES string of the molecule is CCC(Cc1ccccc1)(C(=O)O)C(=O)O.[LiH]. The molecule has 0 saturated heterocycles. The summed E-state index contributed by atoms with van der Waals surface area (Å²) in [6.07, 6.45) is 0.0710. The summed E-state index contributed by atoms with van der Waals surface area (Å²) in [6, 6.07) is 8.80. The van der Waals surface area contributed by atoms with Crippen molar-refractivity contribution in [3.8, 4) is 0 Å². The summed E-state index contributed by atoms with van der Waals surface area (Å²) in [7, 11) is 0. The van der Waals surface area contributed by atoms with Crippen LogP contribution < -0.4 is 0 Å². The molecule has 0 atom stereocenters. The molecular formula is C12H15LiO4. The van der Waals surface area contributed by atoms with Gasteiger partial charge in [-0.1, -0.05) is 37.3 Å². The van der Waals surface area contributed by atoms with Gasteiger partial charge < -0.3 is 10.2 Å². The monoisotopic (exact) mass is 230 g/mol. The third kappa shape index (κ3) is 3.35. The fourth-order valence-corrected chi connectivity index (χ4v) is 1.61. The third-order valence-electron chi connectivity index (χ3n) is 2.77. The van der Waals surface area contributed by atoms with Crippen LogP contribution in [0, 0.1) is 5.41 Å². The predicted molar refractivity (Wildman–Crippen MR) is 65.3 cm³/mol. The van der Waals surface area contributed by atoms with E-state index in [1.54, 1.807) is 37.3 Å². The molecule has 0 amide bonds. The Morgan fingerprint density at radius 1 is 1.12 bits per heavy atom. The molecule has 17 heavy (non-hydrogen) atoms. The van der Waals surface area contributed by atoms with E-state index in [0.29, 0.717) is 5.56 Å². The molecular weight excluding hydrogens is 215 g/mol. The molecule has 0 radical (unpaired) electrons. The van der Waals surface area contributed by atoms with Gasteiger partial charge in [0.05, 0.1) is 0 Å². The van der Waals surface area contributed by atoms with Crippen molar-refractivity contribution < 1.29 is 19.8 Å². The number of rotatable bonds is 5. The molecule has 0 aromatic heterocycles. The van der Waals surface area contributed by atoms with Crippen LogP contribution in [0.2, 0.25) is 0 Å². The number of carboxylic acids is 2. The van der Waals surface area contributed by atoms with Crippen LogP contribution in [0.25, 0.3) is 0 Å². The molecule has 88 valence electrons. The summed E-state index contributed by atoms with van der Waals surface area (Å²) < 4.78 is 0. The number of aliphatic carboxylic acids is 2. The topological polar surface area (TPSA) is 74.6 Å². The van der Waals surface area contributed by atoms with Gasteiger partial charge in [0.25, 0.3) is 0 Å². The summed E-state index contributed by atoms with van der Waals surface area (Å²) in [4.78, 5) is 22.2. The van der Waals surface area contributed by atoms with E-state index in [4.69, 9.17) is 10.2 Å². The Hall–Kier alpha value is -1.24. The number of hydrogen-bond donors (Lipinski definition) is 2. The summed E-state index contributed by atoms with van der Waals surface area (Å²) in [5.74, 6) is -2.57. The maximum atomic E-state index is 11.1. The van der Waals surface area contributed by atoms with Gasteiger partial charge in [-0.05, 0) is 18.4 Å². The van der Waals surface area contributed by atoms with Crippen molar-refractivity contribution in [1.82, 2.24) is 0 Å². The average molecular weight is 230 g/mol. The Morgan fingerprint density at radius 3 is 1.94 bits per heavy atom. The van der Waals surface area contributed by atoms with Gasteiger partial charge in [-0.2, -0.15) is 0 Å². The van der Waals surface area contributed by atoms with Gasteiger partial charge in [0, 0.05) is 0 Å². The molecule has 0 aliphatic carbocycles. The first-order valence-corrected chi connectivity index (χ1v) is 5.03. The van der Waals surface area contributed by atoms with Crippen LogP contribution in [0.4, 0.5) is 0 Å². The fraction of sp³-hybridized carbons (Fsp3) is 0.333. The Balaban J connectivity index is 0.00000256. The van der Waals surface area contributed by atoms with E-state index in [0.717, 1.165) is 0 Å². The average Bonchev–Trinajstić information content (AvgIpc) is 2.26. The molecule has 1 aromatic carbocycles. The maximum absolute atomic E-state index is 11.1. The van der Waals surface area contributed by atoms with Crippen molar-refractivity contribution >= 4 is 30.8 Å².